The van der Waals surface area contributed by atoms with Gasteiger partial charge in [-0.05, 0) is 210 Å². The minimum absolute atomic E-state index is 0.153. The van der Waals surface area contributed by atoms with E-state index in [4.69, 9.17) is 34.7 Å². The SMILES string of the molecule is CC[Si]([c-]1c(C)cc2c1C=CC=CC2c1ccc2cc(O[Si](C)(C)C(C)(C)C)ccc2c1)[c-]1c(C)cc2c1C=CC=CC2c1ccc2cc(O[Si](C)(C)C(C)(C)C)ccc2c1.CC[Si]([c-]1c(C)cc2c1C=CC=CC2c1ccc2cc(O[Si](C)(C)C(C)(C)C)ccc2c1)[c-]1c(C)cc2c1C=CC=CC2c1ccc2cc(O[Si](C)(C)C(C)(C)C)ccc2c1.[Cl][Zr][Cl]. The van der Waals surface area contributed by atoms with Crippen LogP contribution >= 0.6 is 17.0 Å². The van der Waals surface area contributed by atoms with Crippen molar-refractivity contribution >= 4 is 156 Å². The molecule has 0 N–H and O–H groups in total. The van der Waals surface area contributed by atoms with Crippen LogP contribution in [0, 0.1) is 27.7 Å². The van der Waals surface area contributed by atoms with Crippen LogP contribution in [0.2, 0.25) is 84.6 Å². The van der Waals surface area contributed by atoms with Gasteiger partial charge >= 0.3 is 37.9 Å². The summed E-state index contributed by atoms with van der Waals surface area (Å²) in [6, 6.07) is 67.0. The Morgan fingerprint density at radius 3 is 0.656 bits per heavy atom. The van der Waals surface area contributed by atoms with E-state index in [9.17, 15) is 0 Å². The van der Waals surface area contributed by atoms with Crippen LogP contribution in [0.15, 0.2) is 243 Å². The number of hydrogen-bond donors (Lipinski definition) is 0. The van der Waals surface area contributed by atoms with E-state index in [1.54, 1.807) is 20.7 Å². The van der Waals surface area contributed by atoms with E-state index in [1.165, 1.54) is 132 Å². The van der Waals surface area contributed by atoms with Crippen LogP contribution in [-0.4, -0.2) is 50.9 Å². The summed E-state index contributed by atoms with van der Waals surface area (Å²) in [4.78, 5) is 0. The Kier molecular flexibility index (Phi) is 27.3. The van der Waals surface area contributed by atoms with E-state index in [-0.39, 0.29) is 43.8 Å². The summed E-state index contributed by atoms with van der Waals surface area (Å²) in [6.07, 6.45) is 37.3. The molecule has 0 amide bonds. The standard InChI is InChI=1S/2C56H65O2Si3.2ClH.Zr/c2*1-14-59(53-37(2)31-51-47(19-15-17-21-49(51)53)43-25-23-41-35-45(29-27-39(41)33-43)57-60(10,11)55(4,5)6)54-38(3)32-52-48(20-16-18-22-50(52)54)44-26-24-42-36-46(30-28-40(42)34-44)58-61(12,13)56(7,8)9;;;/h2*15-36,47-48H,14H2,1-13H3;2*1H;/q2*-2;;;+2/p-2. The van der Waals surface area contributed by atoms with Gasteiger partial charge in [-0.3, -0.25) is 0 Å². The summed E-state index contributed by atoms with van der Waals surface area (Å²) in [5.41, 5.74) is 22.4. The van der Waals surface area contributed by atoms with Crippen molar-refractivity contribution in [2.24, 2.45) is 0 Å². The molecule has 648 valence electrons. The summed E-state index contributed by atoms with van der Waals surface area (Å²) in [6.45, 7) is 60.4. The molecule has 16 rings (SSSR count). The van der Waals surface area contributed by atoms with Crippen LogP contribution in [0.1, 0.15) is 210 Å². The van der Waals surface area contributed by atoms with Crippen molar-refractivity contribution in [2.45, 2.75) is 233 Å². The van der Waals surface area contributed by atoms with Crippen molar-refractivity contribution < 1.29 is 38.6 Å². The van der Waals surface area contributed by atoms with Gasteiger partial charge in [-0.25, -0.2) is 0 Å². The molecule has 4 aliphatic carbocycles. The van der Waals surface area contributed by atoms with Gasteiger partial charge in [0.05, 0.1) is 0 Å². The van der Waals surface area contributed by atoms with Crippen LogP contribution in [0.25, 0.3) is 67.4 Å². The molecule has 4 aliphatic rings. The van der Waals surface area contributed by atoms with Gasteiger partial charge in [0, 0.05) is 17.6 Å². The van der Waals surface area contributed by atoms with Crippen LogP contribution in [0.5, 0.6) is 23.0 Å². The number of rotatable bonds is 18. The first kappa shape index (κ1) is 93.2. The number of fused-ring (bicyclic) bond motifs is 8. The zero-order valence-electron chi connectivity index (χ0n) is 79.0. The summed E-state index contributed by atoms with van der Waals surface area (Å²) in [5.74, 6) is 4.64. The average molecular weight is 1870 g/mol. The molecule has 0 aliphatic heterocycles. The van der Waals surface area contributed by atoms with Crippen molar-refractivity contribution in [3.05, 3.63) is 332 Å². The summed E-state index contributed by atoms with van der Waals surface area (Å²) < 4.78 is 26.8. The number of allylic oxidation sites excluding steroid dienone is 12. The zero-order valence-corrected chi connectivity index (χ0v) is 89.0. The van der Waals surface area contributed by atoms with Crippen LogP contribution in [0.3, 0.4) is 0 Å². The molecule has 2 radical (unpaired) electrons. The molecule has 0 aromatic heterocycles. The fourth-order valence-corrected chi connectivity index (χ4v) is 28.3. The third-order valence-corrected chi connectivity index (χ3v) is 52.8. The Hall–Kier alpha value is -7.92. The second-order valence-electron chi connectivity index (χ2n) is 41.4. The topological polar surface area (TPSA) is 36.9 Å². The predicted molar refractivity (Wildman–Crippen MR) is 557 cm³/mol. The summed E-state index contributed by atoms with van der Waals surface area (Å²) in [5, 5.41) is 16.8. The van der Waals surface area contributed by atoms with Crippen LogP contribution < -0.4 is 38.5 Å². The fraction of sp³-hybridized carbons (Fsp3) is 0.321. The summed E-state index contributed by atoms with van der Waals surface area (Å²) in [7, 11) is -0.135. The maximum atomic E-state index is 6.69. The number of hydrogen-bond acceptors (Lipinski definition) is 4. The van der Waals surface area contributed by atoms with Crippen LogP contribution in [0.4, 0.5) is 0 Å². The molecule has 0 heterocycles. The van der Waals surface area contributed by atoms with Crippen molar-refractivity contribution in [3.8, 4) is 23.0 Å². The Labute approximate surface area is 775 Å². The number of halogens is 2. The molecular formula is C112H130Cl2O4Si6Zr-4. The molecule has 0 fully saturated rings. The van der Waals surface area contributed by atoms with Crippen molar-refractivity contribution in [2.75, 3.05) is 0 Å². The predicted octanol–water partition coefficient (Wildman–Crippen LogP) is 31.1. The van der Waals surface area contributed by atoms with Crippen LogP contribution in [-0.2, 0) is 20.8 Å². The summed E-state index contributed by atoms with van der Waals surface area (Å²) >= 11 is -0.826. The van der Waals surface area contributed by atoms with E-state index >= 15 is 0 Å². The van der Waals surface area contributed by atoms with Gasteiger partial charge in [-0.15, -0.1) is 91.6 Å². The minimum atomic E-state index is -1.93. The quantitative estimate of drug-likeness (QED) is 0.0634. The Balaban J connectivity index is 0.000000197. The van der Waals surface area contributed by atoms with E-state index < -0.39 is 71.7 Å². The van der Waals surface area contributed by atoms with Gasteiger partial charge in [0.15, 0.2) is 0 Å². The molecule has 0 spiro atoms. The normalized spacial score (nSPS) is 16.6. The Bertz CT molecular complexity index is 5550. The molecule has 0 bridgehead atoms. The molecule has 125 heavy (non-hydrogen) atoms. The first-order chi connectivity index (χ1) is 58.9. The van der Waals surface area contributed by atoms with Crippen molar-refractivity contribution in [1.82, 2.24) is 0 Å². The van der Waals surface area contributed by atoms with E-state index in [0.29, 0.717) is 0 Å². The average Bonchev–Trinajstić information content (AvgIpc) is 1.58. The van der Waals surface area contributed by atoms with E-state index in [0.717, 1.165) is 35.1 Å². The first-order valence-corrected chi connectivity index (χ1v) is 66.5. The van der Waals surface area contributed by atoms with Gasteiger partial charge in [0.1, 0.15) is 23.0 Å². The van der Waals surface area contributed by atoms with E-state index in [2.05, 4.69) is 444 Å². The Morgan fingerprint density at radius 1 is 0.288 bits per heavy atom. The maximum absolute atomic E-state index is 6.69. The third kappa shape index (κ3) is 19.3. The molecule has 12 aromatic rings. The molecule has 13 heteroatoms. The zero-order chi connectivity index (χ0) is 90.0. The van der Waals surface area contributed by atoms with Gasteiger partial charge < -0.3 is 17.7 Å². The molecule has 4 atom stereocenters. The number of benzene rings is 8. The molecule has 4 unspecified atom stereocenters. The second kappa shape index (κ2) is 36.6. The van der Waals surface area contributed by atoms with Gasteiger partial charge in [0.2, 0.25) is 33.3 Å². The molecule has 0 saturated carbocycles. The van der Waals surface area contributed by atoms with E-state index in [1.807, 2.05) is 0 Å². The van der Waals surface area contributed by atoms with Gasteiger partial charge in [0.25, 0.3) is 0 Å². The van der Waals surface area contributed by atoms with Crippen molar-refractivity contribution in [1.29, 1.82) is 0 Å². The van der Waals surface area contributed by atoms with Crippen molar-refractivity contribution in [3.63, 3.8) is 0 Å². The molecule has 0 saturated heterocycles. The number of aryl methyl sites for hydroxylation is 4. The Morgan fingerprint density at radius 2 is 0.472 bits per heavy atom. The monoisotopic (exact) mass is 1870 g/mol. The van der Waals surface area contributed by atoms with Gasteiger partial charge in [-0.2, -0.15) is 68.8 Å². The second-order valence-corrected chi connectivity index (χ2v) is 69.4. The first-order valence-electron chi connectivity index (χ1n) is 45.1. The molecule has 12 aromatic carbocycles. The fourth-order valence-electron chi connectivity index (χ4n) is 17.9. The third-order valence-electron chi connectivity index (χ3n) is 28.8. The molecule has 4 nitrogen and oxygen atoms in total. The van der Waals surface area contributed by atoms with Gasteiger partial charge in [-0.1, -0.05) is 282 Å². The molecular weight excluding hydrogens is 1740 g/mol.